The third-order valence-corrected chi connectivity index (χ3v) is 4.68. The van der Waals surface area contributed by atoms with E-state index in [4.69, 9.17) is 4.42 Å². The maximum absolute atomic E-state index is 5.53. The molecule has 2 aromatic rings. The molecule has 4 heteroatoms. The van der Waals surface area contributed by atoms with Crippen molar-refractivity contribution in [3.63, 3.8) is 0 Å². The predicted molar refractivity (Wildman–Crippen MR) is 96.8 cm³/mol. The minimum atomic E-state index is 0.352. The van der Waals surface area contributed by atoms with Crippen LogP contribution in [-0.2, 0) is 13.1 Å². The minimum Gasteiger partial charge on any atom is -0.448 e. The molecule has 1 atom stereocenters. The van der Waals surface area contributed by atoms with Gasteiger partial charge in [0.1, 0.15) is 6.26 Å². The lowest BCUT2D eigenvalue weighted by molar-refractivity contribution is 0.253. The van der Waals surface area contributed by atoms with Crippen LogP contribution in [0.3, 0.4) is 0 Å². The fourth-order valence-electron chi connectivity index (χ4n) is 3.49. The molecule has 0 spiro atoms. The standard InChI is InChI=1S/C20H29N3O/c1-16(2)20-21-19(15-24-20)14-22(3)11-18-9-10-23(13-18)12-17-7-5-4-6-8-17/h4-8,15-16,18H,9-14H2,1-3H3/t18-/m0/s1. The fourth-order valence-corrected chi connectivity index (χ4v) is 3.49. The number of nitrogens with zero attached hydrogens (tertiary/aromatic N) is 3. The van der Waals surface area contributed by atoms with Gasteiger partial charge in [0.05, 0.1) is 5.69 Å². The smallest absolute Gasteiger partial charge is 0.196 e. The quantitative estimate of drug-likeness (QED) is 0.775. The molecule has 1 aromatic carbocycles. The van der Waals surface area contributed by atoms with Gasteiger partial charge in [0.25, 0.3) is 0 Å². The maximum atomic E-state index is 5.53. The zero-order chi connectivity index (χ0) is 16.9. The third-order valence-electron chi connectivity index (χ3n) is 4.68. The van der Waals surface area contributed by atoms with Crippen LogP contribution in [0.25, 0.3) is 0 Å². The summed E-state index contributed by atoms with van der Waals surface area (Å²) in [4.78, 5) is 9.52. The van der Waals surface area contributed by atoms with Crippen LogP contribution in [0.15, 0.2) is 41.0 Å². The maximum Gasteiger partial charge on any atom is 0.196 e. The van der Waals surface area contributed by atoms with E-state index in [0.717, 1.165) is 37.1 Å². The van der Waals surface area contributed by atoms with Gasteiger partial charge in [0.15, 0.2) is 5.89 Å². The van der Waals surface area contributed by atoms with Crippen LogP contribution in [0.4, 0.5) is 0 Å². The molecule has 0 radical (unpaired) electrons. The zero-order valence-corrected chi connectivity index (χ0v) is 15.1. The Morgan fingerprint density at radius 2 is 2.08 bits per heavy atom. The van der Waals surface area contributed by atoms with E-state index in [1.54, 1.807) is 0 Å². The number of benzene rings is 1. The van der Waals surface area contributed by atoms with Crippen molar-refractivity contribution in [1.29, 1.82) is 0 Å². The summed E-state index contributed by atoms with van der Waals surface area (Å²) in [5.74, 6) is 1.94. The average Bonchev–Trinajstić information content (AvgIpc) is 3.18. The summed E-state index contributed by atoms with van der Waals surface area (Å²) in [6.07, 6.45) is 3.09. The zero-order valence-electron chi connectivity index (χ0n) is 15.1. The monoisotopic (exact) mass is 327 g/mol. The Labute approximate surface area is 145 Å². The molecule has 130 valence electrons. The highest BCUT2D eigenvalue weighted by Crippen LogP contribution is 2.20. The van der Waals surface area contributed by atoms with Gasteiger partial charge in [0.2, 0.25) is 0 Å². The van der Waals surface area contributed by atoms with Gasteiger partial charge in [-0.3, -0.25) is 4.90 Å². The number of hydrogen-bond donors (Lipinski definition) is 0. The first-order valence-corrected chi connectivity index (χ1v) is 8.99. The first-order valence-electron chi connectivity index (χ1n) is 8.99. The van der Waals surface area contributed by atoms with E-state index in [1.165, 1.54) is 25.1 Å². The molecule has 1 saturated heterocycles. The molecule has 0 amide bonds. The van der Waals surface area contributed by atoms with Gasteiger partial charge in [-0.2, -0.15) is 0 Å². The van der Waals surface area contributed by atoms with Gasteiger partial charge in [0, 0.05) is 32.1 Å². The highest BCUT2D eigenvalue weighted by atomic mass is 16.3. The molecule has 0 aliphatic carbocycles. The summed E-state index contributed by atoms with van der Waals surface area (Å²) in [5.41, 5.74) is 2.45. The SMILES string of the molecule is CC(C)c1nc(CN(C)C[C@@H]2CCN(Cc3ccccc3)C2)co1. The molecule has 1 aliphatic rings. The van der Waals surface area contributed by atoms with Crippen LogP contribution in [0.1, 0.15) is 43.3 Å². The Kier molecular flexibility index (Phi) is 5.69. The second-order valence-electron chi connectivity index (χ2n) is 7.40. The lowest BCUT2D eigenvalue weighted by Gasteiger charge is -2.20. The van der Waals surface area contributed by atoms with E-state index in [9.17, 15) is 0 Å². The number of hydrogen-bond acceptors (Lipinski definition) is 4. The Balaban J connectivity index is 1.44. The second kappa shape index (κ2) is 7.95. The number of likely N-dealkylation sites (tertiary alicyclic amines) is 1. The molecule has 1 aliphatic heterocycles. The van der Waals surface area contributed by atoms with E-state index in [2.05, 4.69) is 66.0 Å². The molecule has 0 unspecified atom stereocenters. The van der Waals surface area contributed by atoms with E-state index < -0.39 is 0 Å². The summed E-state index contributed by atoms with van der Waals surface area (Å²) in [5, 5.41) is 0. The van der Waals surface area contributed by atoms with E-state index in [0.29, 0.717) is 5.92 Å². The largest absolute Gasteiger partial charge is 0.448 e. The molecule has 0 bridgehead atoms. The Morgan fingerprint density at radius 3 is 2.79 bits per heavy atom. The first-order chi connectivity index (χ1) is 11.6. The molecule has 1 fully saturated rings. The molecule has 24 heavy (non-hydrogen) atoms. The summed E-state index contributed by atoms with van der Waals surface area (Å²) < 4.78 is 5.53. The molecular formula is C20H29N3O. The fraction of sp³-hybridized carbons (Fsp3) is 0.550. The van der Waals surface area contributed by atoms with Crippen molar-refractivity contribution in [1.82, 2.24) is 14.8 Å². The van der Waals surface area contributed by atoms with Gasteiger partial charge < -0.3 is 9.32 Å². The van der Waals surface area contributed by atoms with Gasteiger partial charge in [-0.25, -0.2) is 4.98 Å². The van der Waals surface area contributed by atoms with Crippen LogP contribution in [0.2, 0.25) is 0 Å². The van der Waals surface area contributed by atoms with Crippen molar-refractivity contribution in [2.24, 2.45) is 5.92 Å². The van der Waals surface area contributed by atoms with Crippen LogP contribution >= 0.6 is 0 Å². The van der Waals surface area contributed by atoms with Crippen LogP contribution in [0, 0.1) is 5.92 Å². The summed E-state index contributed by atoms with van der Waals surface area (Å²) in [7, 11) is 2.18. The van der Waals surface area contributed by atoms with Gasteiger partial charge >= 0.3 is 0 Å². The molecule has 0 N–H and O–H groups in total. The molecular weight excluding hydrogens is 298 g/mol. The van der Waals surface area contributed by atoms with Gasteiger partial charge in [-0.05, 0) is 31.5 Å². The summed E-state index contributed by atoms with van der Waals surface area (Å²) in [6.45, 7) is 9.67. The van der Waals surface area contributed by atoms with Crippen LogP contribution in [-0.4, -0.2) is 41.5 Å². The van der Waals surface area contributed by atoms with Crippen LogP contribution in [0.5, 0.6) is 0 Å². The Bertz CT molecular complexity index is 623. The summed E-state index contributed by atoms with van der Waals surface area (Å²) >= 11 is 0. The van der Waals surface area contributed by atoms with Crippen molar-refractivity contribution in [2.45, 2.75) is 39.3 Å². The van der Waals surface area contributed by atoms with Crippen molar-refractivity contribution in [3.8, 4) is 0 Å². The van der Waals surface area contributed by atoms with Crippen molar-refractivity contribution < 1.29 is 4.42 Å². The predicted octanol–water partition coefficient (Wildman–Crippen LogP) is 3.75. The van der Waals surface area contributed by atoms with E-state index in [1.807, 2.05) is 6.26 Å². The number of oxazole rings is 1. The lowest BCUT2D eigenvalue weighted by atomic mass is 10.1. The molecule has 3 rings (SSSR count). The molecule has 0 saturated carbocycles. The highest BCUT2D eigenvalue weighted by Gasteiger charge is 2.23. The van der Waals surface area contributed by atoms with E-state index >= 15 is 0 Å². The van der Waals surface area contributed by atoms with Crippen molar-refractivity contribution in [2.75, 3.05) is 26.7 Å². The number of aromatic nitrogens is 1. The van der Waals surface area contributed by atoms with Crippen molar-refractivity contribution in [3.05, 3.63) is 53.7 Å². The van der Waals surface area contributed by atoms with Gasteiger partial charge in [-0.15, -0.1) is 0 Å². The number of rotatable bonds is 7. The Morgan fingerprint density at radius 1 is 1.29 bits per heavy atom. The normalized spacial score (nSPS) is 18.8. The van der Waals surface area contributed by atoms with Crippen molar-refractivity contribution >= 4 is 0 Å². The van der Waals surface area contributed by atoms with Gasteiger partial charge in [-0.1, -0.05) is 44.2 Å². The Hall–Kier alpha value is -1.65. The summed E-state index contributed by atoms with van der Waals surface area (Å²) in [6, 6.07) is 10.8. The lowest BCUT2D eigenvalue weighted by Crippen LogP contribution is -2.28. The molecule has 1 aromatic heterocycles. The topological polar surface area (TPSA) is 32.5 Å². The second-order valence-corrected chi connectivity index (χ2v) is 7.40. The van der Waals surface area contributed by atoms with Crippen LogP contribution < -0.4 is 0 Å². The molecule has 2 heterocycles. The highest BCUT2D eigenvalue weighted by molar-refractivity contribution is 5.14. The first kappa shape index (κ1) is 17.2. The van der Waals surface area contributed by atoms with E-state index in [-0.39, 0.29) is 0 Å². The third kappa shape index (κ3) is 4.68. The average molecular weight is 327 g/mol. The molecule has 4 nitrogen and oxygen atoms in total. The minimum absolute atomic E-state index is 0.352.